The summed E-state index contributed by atoms with van der Waals surface area (Å²) in [6.07, 6.45) is 0. The van der Waals surface area contributed by atoms with Crippen LogP contribution < -0.4 is 19.5 Å². The van der Waals surface area contributed by atoms with E-state index in [0.29, 0.717) is 24.8 Å². The van der Waals surface area contributed by atoms with Gasteiger partial charge in [0, 0.05) is 11.6 Å². The highest BCUT2D eigenvalue weighted by Crippen LogP contribution is 2.22. The number of aromatic nitrogens is 2. The highest BCUT2D eigenvalue weighted by atomic mass is 16.5. The number of nitrogens with one attached hydrogen (secondary N) is 1. The van der Waals surface area contributed by atoms with Gasteiger partial charge in [0.25, 0.3) is 5.91 Å². The first kappa shape index (κ1) is 23.8. The zero-order valence-electron chi connectivity index (χ0n) is 19.5. The molecular weight excluding hydrogens is 442 g/mol. The smallest absolute Gasteiger partial charge is 0.258 e. The molecule has 1 heterocycles. The molecule has 1 N–H and O–H groups in total. The Morgan fingerprint density at radius 1 is 0.714 bits per heavy atom. The van der Waals surface area contributed by atoms with Crippen LogP contribution in [-0.4, -0.2) is 42.5 Å². The Bertz CT molecular complexity index is 1200. The first-order valence-corrected chi connectivity index (χ1v) is 11.5. The lowest BCUT2D eigenvalue weighted by Crippen LogP contribution is -2.32. The molecule has 1 aromatic heterocycles. The van der Waals surface area contributed by atoms with Crippen molar-refractivity contribution >= 4 is 5.91 Å². The predicted molar refractivity (Wildman–Crippen MR) is 135 cm³/mol. The first-order valence-electron chi connectivity index (χ1n) is 11.5. The van der Waals surface area contributed by atoms with Gasteiger partial charge in [0.1, 0.15) is 18.1 Å². The summed E-state index contributed by atoms with van der Waals surface area (Å²) in [6.45, 7) is 3.11. The Kier molecular flexibility index (Phi) is 8.27. The molecule has 0 radical (unpaired) electrons. The van der Waals surface area contributed by atoms with E-state index < -0.39 is 0 Å². The van der Waals surface area contributed by atoms with Crippen molar-refractivity contribution in [3.8, 4) is 39.8 Å². The molecule has 178 valence electrons. The van der Waals surface area contributed by atoms with Gasteiger partial charge in [0.15, 0.2) is 6.61 Å². The second-order valence-corrected chi connectivity index (χ2v) is 7.59. The van der Waals surface area contributed by atoms with Crippen LogP contribution in [0.4, 0.5) is 0 Å². The van der Waals surface area contributed by atoms with Crippen LogP contribution in [0.5, 0.6) is 17.4 Å². The lowest BCUT2D eigenvalue weighted by Gasteiger charge is -2.09. The Morgan fingerprint density at radius 3 is 2.03 bits per heavy atom. The van der Waals surface area contributed by atoms with E-state index in [2.05, 4.69) is 15.5 Å². The largest absolute Gasteiger partial charge is 0.494 e. The number of hydrogen-bond acceptors (Lipinski definition) is 6. The number of rotatable bonds is 11. The van der Waals surface area contributed by atoms with Crippen LogP contribution in [0, 0.1) is 0 Å². The Balaban J connectivity index is 1.15. The van der Waals surface area contributed by atoms with Crippen LogP contribution >= 0.6 is 0 Å². The molecule has 3 aromatic carbocycles. The van der Waals surface area contributed by atoms with E-state index in [-0.39, 0.29) is 19.1 Å². The summed E-state index contributed by atoms with van der Waals surface area (Å²) < 4.78 is 16.6. The number of benzene rings is 3. The van der Waals surface area contributed by atoms with Crippen LogP contribution in [0.2, 0.25) is 0 Å². The fraction of sp³-hybridized carbons (Fsp3) is 0.179. The molecule has 0 aliphatic carbocycles. The number of nitrogens with zero attached hydrogens (tertiary/aromatic N) is 2. The molecule has 4 rings (SSSR count). The topological polar surface area (TPSA) is 82.6 Å². The minimum atomic E-state index is -0.224. The molecule has 0 saturated carbocycles. The zero-order valence-corrected chi connectivity index (χ0v) is 19.5. The molecule has 0 bridgehead atoms. The monoisotopic (exact) mass is 469 g/mol. The van der Waals surface area contributed by atoms with Gasteiger partial charge >= 0.3 is 0 Å². The average molecular weight is 470 g/mol. The minimum Gasteiger partial charge on any atom is -0.494 e. The lowest BCUT2D eigenvalue weighted by atomic mass is 10.1. The predicted octanol–water partition coefficient (Wildman–Crippen LogP) is 4.78. The van der Waals surface area contributed by atoms with Gasteiger partial charge in [-0.05, 0) is 60.5 Å². The number of ether oxygens (including phenoxy) is 3. The Hall–Kier alpha value is -4.39. The summed E-state index contributed by atoms with van der Waals surface area (Å²) in [7, 11) is 0. The van der Waals surface area contributed by atoms with Crippen LogP contribution in [0.3, 0.4) is 0 Å². The summed E-state index contributed by atoms with van der Waals surface area (Å²) in [5, 5.41) is 11.1. The SMILES string of the molecule is CCOc1ccc(-c2ccc(OCCNC(=O)COc3ccc(-c4ccccc4)cc3)nn2)cc1. The van der Waals surface area contributed by atoms with Crippen LogP contribution in [-0.2, 0) is 4.79 Å². The summed E-state index contributed by atoms with van der Waals surface area (Å²) >= 11 is 0. The molecule has 0 aliphatic heterocycles. The van der Waals surface area contributed by atoms with Gasteiger partial charge in [0.05, 0.1) is 18.8 Å². The number of amides is 1. The van der Waals surface area contributed by atoms with Crippen molar-refractivity contribution in [1.82, 2.24) is 15.5 Å². The van der Waals surface area contributed by atoms with Gasteiger partial charge in [-0.3, -0.25) is 4.79 Å². The normalized spacial score (nSPS) is 10.4. The van der Waals surface area contributed by atoms with Crippen molar-refractivity contribution in [2.45, 2.75) is 6.92 Å². The summed E-state index contributed by atoms with van der Waals surface area (Å²) in [5.74, 6) is 1.62. The number of hydrogen-bond donors (Lipinski definition) is 1. The molecular formula is C28H27N3O4. The van der Waals surface area contributed by atoms with E-state index in [0.717, 1.165) is 28.1 Å². The minimum absolute atomic E-state index is 0.0682. The average Bonchev–Trinajstić information content (AvgIpc) is 2.92. The molecule has 0 saturated heterocycles. The van der Waals surface area contributed by atoms with E-state index in [1.165, 1.54) is 0 Å². The number of carbonyl (C=O) groups excluding carboxylic acids is 1. The van der Waals surface area contributed by atoms with Crippen molar-refractivity contribution in [3.63, 3.8) is 0 Å². The maximum atomic E-state index is 12.1. The van der Waals surface area contributed by atoms with Gasteiger partial charge in [0.2, 0.25) is 5.88 Å². The summed E-state index contributed by atoms with van der Waals surface area (Å²) in [6, 6.07) is 29.0. The van der Waals surface area contributed by atoms with Crippen LogP contribution in [0.1, 0.15) is 6.92 Å². The van der Waals surface area contributed by atoms with E-state index in [1.807, 2.05) is 91.9 Å². The van der Waals surface area contributed by atoms with E-state index in [4.69, 9.17) is 14.2 Å². The molecule has 7 heteroatoms. The lowest BCUT2D eigenvalue weighted by molar-refractivity contribution is -0.123. The van der Waals surface area contributed by atoms with E-state index in [9.17, 15) is 4.79 Å². The fourth-order valence-corrected chi connectivity index (χ4v) is 3.36. The third kappa shape index (κ3) is 7.04. The third-order valence-electron chi connectivity index (χ3n) is 5.11. The first-order chi connectivity index (χ1) is 17.2. The quantitative estimate of drug-likeness (QED) is 0.318. The standard InChI is InChI=1S/C28H27N3O4/c1-2-33-24-14-10-23(11-15-24)26-16-17-28(31-30-26)34-19-18-29-27(32)20-35-25-12-8-22(9-13-25)21-6-4-3-5-7-21/h3-17H,2,18-20H2,1H3,(H,29,32). The van der Waals surface area contributed by atoms with Crippen LogP contribution in [0.15, 0.2) is 91.0 Å². The molecule has 0 unspecified atom stereocenters. The van der Waals surface area contributed by atoms with Crippen molar-refractivity contribution in [3.05, 3.63) is 91.0 Å². The highest BCUT2D eigenvalue weighted by Gasteiger charge is 2.05. The summed E-state index contributed by atoms with van der Waals surface area (Å²) in [5.41, 5.74) is 3.90. The van der Waals surface area contributed by atoms with Gasteiger partial charge in [-0.25, -0.2) is 0 Å². The molecule has 0 atom stereocenters. The maximum absolute atomic E-state index is 12.1. The van der Waals surface area contributed by atoms with E-state index >= 15 is 0 Å². The molecule has 1 amide bonds. The molecule has 0 spiro atoms. The highest BCUT2D eigenvalue weighted by molar-refractivity contribution is 5.77. The second-order valence-electron chi connectivity index (χ2n) is 7.59. The van der Waals surface area contributed by atoms with Gasteiger partial charge in [-0.1, -0.05) is 42.5 Å². The van der Waals surface area contributed by atoms with Crippen molar-refractivity contribution in [2.75, 3.05) is 26.4 Å². The van der Waals surface area contributed by atoms with Gasteiger partial charge in [-0.2, -0.15) is 0 Å². The molecule has 7 nitrogen and oxygen atoms in total. The molecule has 4 aromatic rings. The molecule has 35 heavy (non-hydrogen) atoms. The zero-order chi connectivity index (χ0) is 24.3. The fourth-order valence-electron chi connectivity index (χ4n) is 3.36. The Labute approximate surface area is 204 Å². The number of carbonyl (C=O) groups is 1. The summed E-state index contributed by atoms with van der Waals surface area (Å²) in [4.78, 5) is 12.1. The van der Waals surface area contributed by atoms with Crippen LogP contribution in [0.25, 0.3) is 22.4 Å². The third-order valence-corrected chi connectivity index (χ3v) is 5.11. The van der Waals surface area contributed by atoms with E-state index in [1.54, 1.807) is 6.07 Å². The Morgan fingerprint density at radius 2 is 1.37 bits per heavy atom. The molecule has 0 aliphatic rings. The van der Waals surface area contributed by atoms with Crippen molar-refractivity contribution in [2.24, 2.45) is 0 Å². The van der Waals surface area contributed by atoms with Gasteiger partial charge in [-0.15, -0.1) is 10.2 Å². The molecule has 0 fully saturated rings. The van der Waals surface area contributed by atoms with Crippen molar-refractivity contribution in [1.29, 1.82) is 0 Å². The second kappa shape index (κ2) is 12.2. The van der Waals surface area contributed by atoms with Crippen molar-refractivity contribution < 1.29 is 19.0 Å². The maximum Gasteiger partial charge on any atom is 0.258 e. The van der Waals surface area contributed by atoms with Gasteiger partial charge < -0.3 is 19.5 Å².